The minimum Gasteiger partial charge on any atom is -0.444 e. The van der Waals surface area contributed by atoms with Crippen LogP contribution in [0.25, 0.3) is 0 Å². The first kappa shape index (κ1) is 13.8. The monoisotopic (exact) mass is 290 g/mol. The van der Waals surface area contributed by atoms with E-state index in [1.165, 1.54) is 44.9 Å². The lowest BCUT2D eigenvalue weighted by Gasteiger charge is -2.36. The second-order valence-corrected chi connectivity index (χ2v) is 7.13. The summed E-state index contributed by atoms with van der Waals surface area (Å²) < 4.78 is 5.92. The van der Waals surface area contributed by atoms with Crippen molar-refractivity contribution in [3.63, 3.8) is 0 Å². The average Bonchev–Trinajstić information content (AvgIpc) is 3.07. The van der Waals surface area contributed by atoms with Crippen LogP contribution in [0, 0.1) is 5.92 Å². The summed E-state index contributed by atoms with van der Waals surface area (Å²) in [6.45, 7) is 1.94. The Balaban J connectivity index is 1.42. The Morgan fingerprint density at radius 1 is 1.14 bits per heavy atom. The van der Waals surface area contributed by atoms with Crippen LogP contribution in [0.5, 0.6) is 0 Å². The van der Waals surface area contributed by atoms with Gasteiger partial charge in [0.25, 0.3) is 0 Å². The van der Waals surface area contributed by atoms with Gasteiger partial charge in [0.1, 0.15) is 5.76 Å². The van der Waals surface area contributed by atoms with Crippen molar-refractivity contribution < 1.29 is 9.52 Å². The highest BCUT2D eigenvalue weighted by Crippen LogP contribution is 2.40. The minimum atomic E-state index is -0.101. The van der Waals surface area contributed by atoms with Gasteiger partial charge in [-0.1, -0.05) is 12.8 Å². The maximum absolute atomic E-state index is 10.3. The maximum atomic E-state index is 10.3. The van der Waals surface area contributed by atoms with Crippen LogP contribution in [-0.4, -0.2) is 33.7 Å². The van der Waals surface area contributed by atoms with E-state index in [4.69, 9.17) is 4.42 Å². The Labute approximate surface area is 126 Å². The van der Waals surface area contributed by atoms with Crippen molar-refractivity contribution in [2.75, 3.05) is 6.54 Å². The van der Waals surface area contributed by atoms with Gasteiger partial charge in [0.15, 0.2) is 0 Å². The third kappa shape index (κ3) is 2.88. The van der Waals surface area contributed by atoms with E-state index in [2.05, 4.69) is 9.88 Å². The van der Waals surface area contributed by atoms with Gasteiger partial charge < -0.3 is 9.52 Å². The van der Waals surface area contributed by atoms with Gasteiger partial charge in [-0.2, -0.15) is 0 Å². The van der Waals surface area contributed by atoms with Crippen molar-refractivity contribution in [3.05, 3.63) is 17.8 Å². The van der Waals surface area contributed by atoms with Crippen LogP contribution in [0.2, 0.25) is 0 Å². The highest BCUT2D eigenvalue weighted by molar-refractivity contribution is 5.08. The molecule has 3 aliphatic rings. The number of nitrogens with zero attached hydrogens (tertiary/aromatic N) is 2. The van der Waals surface area contributed by atoms with E-state index in [1.54, 1.807) is 0 Å². The summed E-state index contributed by atoms with van der Waals surface area (Å²) in [5.41, 5.74) is 0. The van der Waals surface area contributed by atoms with Crippen LogP contribution in [0.1, 0.15) is 68.9 Å². The van der Waals surface area contributed by atoms with Crippen molar-refractivity contribution >= 4 is 0 Å². The quantitative estimate of drug-likeness (QED) is 0.926. The van der Waals surface area contributed by atoms with Crippen molar-refractivity contribution in [1.29, 1.82) is 0 Å². The van der Waals surface area contributed by atoms with Gasteiger partial charge in [-0.3, -0.25) is 4.90 Å². The second-order valence-electron chi connectivity index (χ2n) is 7.13. The third-order valence-corrected chi connectivity index (χ3v) is 5.58. The first-order chi connectivity index (χ1) is 10.3. The van der Waals surface area contributed by atoms with E-state index in [0.29, 0.717) is 17.9 Å². The Hall–Kier alpha value is -0.870. The molecule has 0 amide bonds. The molecule has 3 fully saturated rings. The fraction of sp³-hybridized carbons (Fsp3) is 0.824. The van der Waals surface area contributed by atoms with Crippen molar-refractivity contribution in [1.82, 2.24) is 9.88 Å². The molecule has 2 aliphatic carbocycles. The largest absolute Gasteiger partial charge is 0.444 e. The molecular formula is C17H26N2O2. The van der Waals surface area contributed by atoms with E-state index in [0.717, 1.165) is 31.2 Å². The summed E-state index contributed by atoms with van der Waals surface area (Å²) in [5, 5.41) is 10.3. The normalized spacial score (nSPS) is 34.4. The van der Waals surface area contributed by atoms with E-state index in [1.807, 2.05) is 6.20 Å². The molecular weight excluding hydrogens is 264 g/mol. The molecule has 0 bridgehead atoms. The molecule has 0 aromatic carbocycles. The summed E-state index contributed by atoms with van der Waals surface area (Å²) in [6.07, 6.45) is 11.4. The molecule has 4 nitrogen and oxygen atoms in total. The van der Waals surface area contributed by atoms with E-state index < -0.39 is 0 Å². The van der Waals surface area contributed by atoms with Gasteiger partial charge in [0.2, 0.25) is 5.89 Å². The zero-order chi connectivity index (χ0) is 14.2. The van der Waals surface area contributed by atoms with Crippen LogP contribution in [-0.2, 0) is 6.54 Å². The smallest absolute Gasteiger partial charge is 0.208 e. The summed E-state index contributed by atoms with van der Waals surface area (Å²) in [7, 11) is 0. The minimum absolute atomic E-state index is 0.101. The van der Waals surface area contributed by atoms with E-state index >= 15 is 0 Å². The maximum Gasteiger partial charge on any atom is 0.208 e. The molecule has 2 heterocycles. The first-order valence-corrected chi connectivity index (χ1v) is 8.68. The molecule has 1 aromatic rings. The molecule has 0 spiro atoms. The second kappa shape index (κ2) is 5.73. The fourth-order valence-electron chi connectivity index (χ4n) is 4.25. The first-order valence-electron chi connectivity index (χ1n) is 8.68. The molecule has 116 valence electrons. The number of aliphatic hydroxyl groups excluding tert-OH is 1. The lowest BCUT2D eigenvalue weighted by molar-refractivity contribution is 0.0181. The van der Waals surface area contributed by atoms with Crippen LogP contribution >= 0.6 is 0 Å². The standard InChI is InChI=1S/C17H26N2O2/c20-15-6-2-1-4-13(15)14-5-3-9-19(14)11-17-18-10-16(21-17)12-7-8-12/h10,12-15,20H,1-9,11H2. The average molecular weight is 290 g/mol. The van der Waals surface area contributed by atoms with Crippen molar-refractivity contribution in [2.24, 2.45) is 5.92 Å². The Kier molecular flexibility index (Phi) is 3.76. The van der Waals surface area contributed by atoms with Crippen LogP contribution in [0.15, 0.2) is 10.6 Å². The van der Waals surface area contributed by atoms with E-state index in [9.17, 15) is 5.11 Å². The molecule has 1 N–H and O–H groups in total. The summed E-state index contributed by atoms with van der Waals surface area (Å²) >= 11 is 0. The summed E-state index contributed by atoms with van der Waals surface area (Å²) in [5.74, 6) is 3.05. The Bertz CT molecular complexity index is 483. The summed E-state index contributed by atoms with van der Waals surface area (Å²) in [4.78, 5) is 6.97. The van der Waals surface area contributed by atoms with Gasteiger partial charge in [0.05, 0.1) is 18.8 Å². The molecule has 21 heavy (non-hydrogen) atoms. The lowest BCUT2D eigenvalue weighted by Crippen LogP contribution is -2.42. The molecule has 2 saturated carbocycles. The number of rotatable bonds is 4. The van der Waals surface area contributed by atoms with Crippen LogP contribution in [0.4, 0.5) is 0 Å². The predicted molar refractivity (Wildman–Crippen MR) is 79.9 cm³/mol. The van der Waals surface area contributed by atoms with Gasteiger partial charge >= 0.3 is 0 Å². The van der Waals surface area contributed by atoms with Gasteiger partial charge in [0, 0.05) is 17.9 Å². The predicted octanol–water partition coefficient (Wildman–Crippen LogP) is 3.07. The molecule has 1 aromatic heterocycles. The Morgan fingerprint density at radius 3 is 2.81 bits per heavy atom. The zero-order valence-electron chi connectivity index (χ0n) is 12.7. The zero-order valence-corrected chi connectivity index (χ0v) is 12.7. The van der Waals surface area contributed by atoms with Gasteiger partial charge in [-0.15, -0.1) is 0 Å². The highest BCUT2D eigenvalue weighted by Gasteiger charge is 2.37. The van der Waals surface area contributed by atoms with Crippen molar-refractivity contribution in [3.8, 4) is 0 Å². The van der Waals surface area contributed by atoms with E-state index in [-0.39, 0.29) is 6.10 Å². The Morgan fingerprint density at radius 2 is 2.00 bits per heavy atom. The molecule has 1 aliphatic heterocycles. The topological polar surface area (TPSA) is 49.5 Å². The number of hydrogen-bond acceptors (Lipinski definition) is 4. The molecule has 3 atom stereocenters. The summed E-state index contributed by atoms with van der Waals surface area (Å²) in [6, 6.07) is 0.525. The molecule has 4 heteroatoms. The number of aromatic nitrogens is 1. The number of aliphatic hydroxyl groups is 1. The van der Waals surface area contributed by atoms with Gasteiger partial charge in [-0.25, -0.2) is 4.98 Å². The molecule has 4 rings (SSSR count). The fourth-order valence-corrected chi connectivity index (χ4v) is 4.25. The SMILES string of the molecule is OC1CCCCC1C1CCCN1Cc1ncc(C2CC2)o1. The lowest BCUT2D eigenvalue weighted by atomic mass is 9.80. The third-order valence-electron chi connectivity index (χ3n) is 5.58. The van der Waals surface area contributed by atoms with Crippen molar-refractivity contribution in [2.45, 2.75) is 76.0 Å². The number of hydrogen-bond donors (Lipinski definition) is 1. The molecule has 0 radical (unpaired) electrons. The highest BCUT2D eigenvalue weighted by atomic mass is 16.4. The molecule has 3 unspecified atom stereocenters. The number of likely N-dealkylation sites (tertiary alicyclic amines) is 1. The van der Waals surface area contributed by atoms with Gasteiger partial charge in [-0.05, 0) is 45.1 Å². The molecule has 1 saturated heterocycles. The number of oxazole rings is 1. The van der Waals surface area contributed by atoms with Crippen LogP contribution in [0.3, 0.4) is 0 Å². The van der Waals surface area contributed by atoms with Crippen LogP contribution < -0.4 is 0 Å².